The fourth-order valence-corrected chi connectivity index (χ4v) is 1.59. The first-order valence-electron chi connectivity index (χ1n) is 5.63. The van der Waals surface area contributed by atoms with Crippen LogP contribution in [-0.4, -0.2) is 9.78 Å². The second-order valence-electron chi connectivity index (χ2n) is 3.79. The predicted octanol–water partition coefficient (Wildman–Crippen LogP) is 2.60. The van der Waals surface area contributed by atoms with Gasteiger partial charge in [-0.15, -0.1) is 12.4 Å². The molecule has 0 radical (unpaired) electrons. The summed E-state index contributed by atoms with van der Waals surface area (Å²) in [7, 11) is 0. The van der Waals surface area contributed by atoms with Crippen molar-refractivity contribution in [3.8, 4) is 0 Å². The van der Waals surface area contributed by atoms with Gasteiger partial charge in [0.25, 0.3) is 0 Å². The number of nitrogens with one attached hydrogen (secondary N) is 1. The van der Waals surface area contributed by atoms with E-state index in [1.807, 2.05) is 23.0 Å². The largest absolute Gasteiger partial charge is 0.468 e. The molecule has 2 aromatic heterocycles. The smallest absolute Gasteiger partial charge is 0.117 e. The zero-order valence-corrected chi connectivity index (χ0v) is 10.7. The molecule has 0 amide bonds. The Morgan fingerprint density at radius 3 is 3.00 bits per heavy atom. The van der Waals surface area contributed by atoms with Crippen molar-refractivity contribution in [1.82, 2.24) is 15.1 Å². The molecule has 4 nitrogen and oxygen atoms in total. The highest BCUT2D eigenvalue weighted by molar-refractivity contribution is 5.85. The predicted molar refractivity (Wildman–Crippen MR) is 69.0 cm³/mol. The lowest BCUT2D eigenvalue weighted by atomic mass is 10.3. The number of nitrogens with zero attached hydrogens (tertiary/aromatic N) is 2. The van der Waals surface area contributed by atoms with Crippen LogP contribution in [0.5, 0.6) is 0 Å². The van der Waals surface area contributed by atoms with Gasteiger partial charge in [-0.05, 0) is 18.6 Å². The molecule has 0 fully saturated rings. The van der Waals surface area contributed by atoms with Crippen LogP contribution in [0.15, 0.2) is 35.2 Å². The molecular weight excluding hydrogens is 238 g/mol. The van der Waals surface area contributed by atoms with E-state index in [0.717, 1.165) is 31.8 Å². The van der Waals surface area contributed by atoms with Gasteiger partial charge in [-0.25, -0.2) is 0 Å². The molecule has 0 spiro atoms. The first kappa shape index (κ1) is 13.8. The summed E-state index contributed by atoms with van der Waals surface area (Å²) in [6.07, 6.45) is 6.79. The molecule has 5 heteroatoms. The summed E-state index contributed by atoms with van der Waals surface area (Å²) in [5.74, 6) is 0.959. The molecule has 0 aliphatic heterocycles. The van der Waals surface area contributed by atoms with E-state index in [-0.39, 0.29) is 12.4 Å². The lowest BCUT2D eigenvalue weighted by molar-refractivity contribution is 0.483. The van der Waals surface area contributed by atoms with Gasteiger partial charge in [-0.1, -0.05) is 6.92 Å². The normalized spacial score (nSPS) is 10.2. The molecule has 0 saturated carbocycles. The minimum absolute atomic E-state index is 0. The Hall–Kier alpha value is -1.26. The molecule has 2 heterocycles. The third-order valence-electron chi connectivity index (χ3n) is 2.35. The Morgan fingerprint density at radius 2 is 2.29 bits per heavy atom. The minimum atomic E-state index is 0. The lowest BCUT2D eigenvalue weighted by Gasteiger charge is -1.99. The van der Waals surface area contributed by atoms with Crippen molar-refractivity contribution >= 4 is 12.4 Å². The SMILES string of the molecule is CCCn1cc(CNCc2ccco2)cn1.Cl. The van der Waals surface area contributed by atoms with Crippen LogP contribution in [0.3, 0.4) is 0 Å². The third-order valence-corrected chi connectivity index (χ3v) is 2.35. The minimum Gasteiger partial charge on any atom is -0.468 e. The summed E-state index contributed by atoms with van der Waals surface area (Å²) in [6, 6.07) is 3.86. The average molecular weight is 256 g/mol. The molecule has 0 unspecified atom stereocenters. The zero-order valence-electron chi connectivity index (χ0n) is 9.93. The topological polar surface area (TPSA) is 43.0 Å². The maximum atomic E-state index is 5.23. The number of aromatic nitrogens is 2. The fraction of sp³-hybridized carbons (Fsp3) is 0.417. The Labute approximate surface area is 107 Å². The zero-order chi connectivity index (χ0) is 11.2. The molecule has 2 rings (SSSR count). The molecule has 17 heavy (non-hydrogen) atoms. The Bertz CT molecular complexity index is 411. The second kappa shape index (κ2) is 7.14. The number of hydrogen-bond acceptors (Lipinski definition) is 3. The van der Waals surface area contributed by atoms with E-state index in [0.29, 0.717) is 0 Å². The van der Waals surface area contributed by atoms with Gasteiger partial charge in [-0.3, -0.25) is 4.68 Å². The van der Waals surface area contributed by atoms with Crippen molar-refractivity contribution in [1.29, 1.82) is 0 Å². The highest BCUT2D eigenvalue weighted by Gasteiger charge is 1.99. The fourth-order valence-electron chi connectivity index (χ4n) is 1.59. The van der Waals surface area contributed by atoms with E-state index >= 15 is 0 Å². The summed E-state index contributed by atoms with van der Waals surface area (Å²) in [5.41, 5.74) is 1.21. The monoisotopic (exact) mass is 255 g/mol. The summed E-state index contributed by atoms with van der Waals surface area (Å²) in [5, 5.41) is 7.59. The Morgan fingerprint density at radius 1 is 1.41 bits per heavy atom. The maximum absolute atomic E-state index is 5.23. The van der Waals surface area contributed by atoms with E-state index in [2.05, 4.69) is 23.5 Å². The third kappa shape index (κ3) is 4.24. The van der Waals surface area contributed by atoms with Gasteiger partial charge in [0.1, 0.15) is 5.76 Å². The standard InChI is InChI=1S/C12H17N3O.ClH/c1-2-5-15-10-11(8-14-15)7-13-9-12-4-3-6-16-12;/h3-4,6,8,10,13H,2,5,7,9H2,1H3;1H. The average Bonchev–Trinajstić information content (AvgIpc) is 2.90. The van der Waals surface area contributed by atoms with Crippen LogP contribution >= 0.6 is 12.4 Å². The van der Waals surface area contributed by atoms with Crippen LogP contribution in [0.4, 0.5) is 0 Å². The van der Waals surface area contributed by atoms with Crippen LogP contribution in [0.2, 0.25) is 0 Å². The maximum Gasteiger partial charge on any atom is 0.117 e. The van der Waals surface area contributed by atoms with Crippen LogP contribution < -0.4 is 5.32 Å². The molecule has 1 N–H and O–H groups in total. The number of halogens is 1. The van der Waals surface area contributed by atoms with Crippen molar-refractivity contribution < 1.29 is 4.42 Å². The van der Waals surface area contributed by atoms with Crippen molar-refractivity contribution in [2.75, 3.05) is 0 Å². The molecule has 0 aliphatic carbocycles. The number of hydrogen-bond donors (Lipinski definition) is 1. The second-order valence-corrected chi connectivity index (χ2v) is 3.79. The lowest BCUT2D eigenvalue weighted by Crippen LogP contribution is -2.11. The van der Waals surface area contributed by atoms with E-state index in [1.54, 1.807) is 6.26 Å². The van der Waals surface area contributed by atoms with Crippen molar-refractivity contribution in [2.45, 2.75) is 33.0 Å². The van der Waals surface area contributed by atoms with Gasteiger partial charge in [0.05, 0.1) is 19.0 Å². The van der Waals surface area contributed by atoms with Crippen LogP contribution in [0.1, 0.15) is 24.7 Å². The van der Waals surface area contributed by atoms with E-state index in [4.69, 9.17) is 4.42 Å². The number of rotatable bonds is 6. The summed E-state index contributed by atoms with van der Waals surface area (Å²) >= 11 is 0. The van der Waals surface area contributed by atoms with Gasteiger partial charge < -0.3 is 9.73 Å². The Balaban J connectivity index is 0.00000144. The highest BCUT2D eigenvalue weighted by atomic mass is 35.5. The number of aryl methyl sites for hydroxylation is 1. The van der Waals surface area contributed by atoms with Crippen molar-refractivity contribution in [3.63, 3.8) is 0 Å². The van der Waals surface area contributed by atoms with Gasteiger partial charge in [-0.2, -0.15) is 5.10 Å². The molecular formula is C12H18ClN3O. The molecule has 0 saturated heterocycles. The van der Waals surface area contributed by atoms with Crippen LogP contribution in [-0.2, 0) is 19.6 Å². The molecule has 0 atom stereocenters. The van der Waals surface area contributed by atoms with Crippen molar-refractivity contribution in [2.24, 2.45) is 0 Å². The molecule has 0 bridgehead atoms. The number of furan rings is 1. The first-order chi connectivity index (χ1) is 7.88. The molecule has 0 aromatic carbocycles. The highest BCUT2D eigenvalue weighted by Crippen LogP contribution is 2.01. The Kier molecular flexibility index (Phi) is 5.80. The van der Waals surface area contributed by atoms with Gasteiger partial charge in [0.15, 0.2) is 0 Å². The summed E-state index contributed by atoms with van der Waals surface area (Å²) in [4.78, 5) is 0. The first-order valence-corrected chi connectivity index (χ1v) is 5.63. The van der Waals surface area contributed by atoms with Crippen LogP contribution in [0, 0.1) is 0 Å². The van der Waals surface area contributed by atoms with Gasteiger partial charge >= 0.3 is 0 Å². The quantitative estimate of drug-likeness (QED) is 0.863. The summed E-state index contributed by atoms with van der Waals surface area (Å²) < 4.78 is 7.21. The van der Waals surface area contributed by atoms with Crippen molar-refractivity contribution in [3.05, 3.63) is 42.1 Å². The molecule has 94 valence electrons. The van der Waals surface area contributed by atoms with E-state index < -0.39 is 0 Å². The van der Waals surface area contributed by atoms with E-state index in [1.165, 1.54) is 5.56 Å². The van der Waals surface area contributed by atoms with Crippen LogP contribution in [0.25, 0.3) is 0 Å². The molecule has 2 aromatic rings. The molecule has 0 aliphatic rings. The van der Waals surface area contributed by atoms with Gasteiger partial charge in [0, 0.05) is 24.8 Å². The van der Waals surface area contributed by atoms with E-state index in [9.17, 15) is 0 Å². The summed E-state index contributed by atoms with van der Waals surface area (Å²) in [6.45, 7) is 4.71. The van der Waals surface area contributed by atoms with Gasteiger partial charge in [0.2, 0.25) is 0 Å².